The molecular weight excluding hydrogens is 350 g/mol. The SMILES string of the molecule is Cc1nc([C@@H]2CCCN(C(=O)c3cc(-c4ccsc4)n[nH]3)C2)cc(=O)[nH]1. The van der Waals surface area contributed by atoms with Crippen molar-refractivity contribution in [3.8, 4) is 11.3 Å². The molecule has 8 heteroatoms. The Morgan fingerprint density at radius 2 is 2.27 bits per heavy atom. The van der Waals surface area contributed by atoms with Crippen molar-refractivity contribution in [2.75, 3.05) is 13.1 Å². The summed E-state index contributed by atoms with van der Waals surface area (Å²) in [6.07, 6.45) is 1.80. The fraction of sp³-hybridized carbons (Fsp3) is 0.333. The van der Waals surface area contributed by atoms with Gasteiger partial charge in [-0.05, 0) is 37.3 Å². The van der Waals surface area contributed by atoms with E-state index in [0.717, 1.165) is 29.8 Å². The lowest BCUT2D eigenvalue weighted by molar-refractivity contribution is 0.0700. The molecule has 0 aromatic carbocycles. The smallest absolute Gasteiger partial charge is 0.271 e. The van der Waals surface area contributed by atoms with Crippen molar-refractivity contribution in [2.24, 2.45) is 0 Å². The van der Waals surface area contributed by atoms with E-state index in [4.69, 9.17) is 0 Å². The van der Waals surface area contributed by atoms with Gasteiger partial charge >= 0.3 is 0 Å². The molecule has 7 nitrogen and oxygen atoms in total. The molecular formula is C18H19N5O2S. The largest absolute Gasteiger partial charge is 0.337 e. The van der Waals surface area contributed by atoms with Crippen LogP contribution in [0, 0.1) is 6.92 Å². The molecule has 0 bridgehead atoms. The summed E-state index contributed by atoms with van der Waals surface area (Å²) in [7, 11) is 0. The van der Waals surface area contributed by atoms with Gasteiger partial charge in [0.1, 0.15) is 11.5 Å². The van der Waals surface area contributed by atoms with E-state index >= 15 is 0 Å². The van der Waals surface area contributed by atoms with Gasteiger partial charge in [-0.25, -0.2) is 4.98 Å². The number of hydrogen-bond acceptors (Lipinski definition) is 5. The first-order valence-corrected chi connectivity index (χ1v) is 9.49. The molecule has 0 saturated carbocycles. The maximum Gasteiger partial charge on any atom is 0.271 e. The Hall–Kier alpha value is -2.74. The van der Waals surface area contributed by atoms with E-state index in [2.05, 4.69) is 20.2 Å². The molecule has 1 amide bonds. The maximum atomic E-state index is 12.9. The van der Waals surface area contributed by atoms with Crippen molar-refractivity contribution < 1.29 is 4.79 Å². The highest BCUT2D eigenvalue weighted by Gasteiger charge is 2.27. The van der Waals surface area contributed by atoms with Gasteiger partial charge in [-0.2, -0.15) is 16.4 Å². The van der Waals surface area contributed by atoms with Crippen LogP contribution in [0.4, 0.5) is 0 Å². The van der Waals surface area contributed by atoms with Crippen molar-refractivity contribution in [1.29, 1.82) is 0 Å². The number of aromatic amines is 2. The van der Waals surface area contributed by atoms with E-state index in [-0.39, 0.29) is 17.4 Å². The van der Waals surface area contributed by atoms with Crippen LogP contribution >= 0.6 is 11.3 Å². The first kappa shape index (κ1) is 16.7. The fourth-order valence-electron chi connectivity index (χ4n) is 3.37. The molecule has 0 radical (unpaired) electrons. The van der Waals surface area contributed by atoms with Crippen LogP contribution in [-0.4, -0.2) is 44.1 Å². The van der Waals surface area contributed by atoms with Crippen LogP contribution in [-0.2, 0) is 0 Å². The second-order valence-corrected chi connectivity index (χ2v) is 7.30. The normalized spacial score (nSPS) is 17.4. The predicted octanol–water partition coefficient (Wildman–Crippen LogP) is 2.55. The number of nitrogens with zero attached hydrogens (tertiary/aromatic N) is 3. The third kappa shape index (κ3) is 3.32. The summed E-state index contributed by atoms with van der Waals surface area (Å²) in [5, 5.41) is 11.1. The molecule has 3 aromatic heterocycles. The molecule has 2 N–H and O–H groups in total. The van der Waals surface area contributed by atoms with Crippen molar-refractivity contribution in [2.45, 2.75) is 25.7 Å². The van der Waals surface area contributed by atoms with E-state index in [1.54, 1.807) is 24.3 Å². The Balaban J connectivity index is 1.52. The number of hydrogen-bond donors (Lipinski definition) is 2. The first-order chi connectivity index (χ1) is 12.6. The zero-order valence-electron chi connectivity index (χ0n) is 14.4. The average molecular weight is 369 g/mol. The Kier molecular flexibility index (Phi) is 4.42. The van der Waals surface area contributed by atoms with Gasteiger partial charge in [0.15, 0.2) is 0 Å². The lowest BCUT2D eigenvalue weighted by atomic mass is 9.94. The van der Waals surface area contributed by atoms with Gasteiger partial charge in [-0.15, -0.1) is 0 Å². The number of carbonyl (C=O) groups is 1. The zero-order chi connectivity index (χ0) is 18.1. The minimum absolute atomic E-state index is 0.0646. The molecule has 0 spiro atoms. The number of aryl methyl sites for hydroxylation is 1. The number of H-pyrrole nitrogens is 2. The molecule has 1 aliphatic rings. The number of amides is 1. The molecule has 1 fully saturated rings. The number of thiophene rings is 1. The van der Waals surface area contributed by atoms with Crippen molar-refractivity contribution in [1.82, 2.24) is 25.1 Å². The average Bonchev–Trinajstić information content (AvgIpc) is 3.32. The summed E-state index contributed by atoms with van der Waals surface area (Å²) < 4.78 is 0. The summed E-state index contributed by atoms with van der Waals surface area (Å²) in [6, 6.07) is 5.31. The van der Waals surface area contributed by atoms with E-state index in [1.807, 2.05) is 21.7 Å². The van der Waals surface area contributed by atoms with E-state index in [0.29, 0.717) is 24.6 Å². The molecule has 0 unspecified atom stereocenters. The highest BCUT2D eigenvalue weighted by atomic mass is 32.1. The van der Waals surface area contributed by atoms with Crippen LogP contribution in [0.1, 0.15) is 40.8 Å². The number of rotatable bonds is 3. The van der Waals surface area contributed by atoms with E-state index in [9.17, 15) is 9.59 Å². The van der Waals surface area contributed by atoms with Crippen LogP contribution in [0.15, 0.2) is 33.8 Å². The van der Waals surface area contributed by atoms with Gasteiger partial charge in [0, 0.05) is 36.0 Å². The number of piperidine rings is 1. The van der Waals surface area contributed by atoms with E-state index in [1.165, 1.54) is 6.07 Å². The molecule has 1 atom stereocenters. The first-order valence-electron chi connectivity index (χ1n) is 8.55. The van der Waals surface area contributed by atoms with Crippen molar-refractivity contribution in [3.05, 3.63) is 56.5 Å². The van der Waals surface area contributed by atoms with Crippen LogP contribution in [0.25, 0.3) is 11.3 Å². The molecule has 3 aromatic rings. The molecule has 4 heterocycles. The highest BCUT2D eigenvalue weighted by molar-refractivity contribution is 7.08. The second kappa shape index (κ2) is 6.87. The van der Waals surface area contributed by atoms with Crippen LogP contribution in [0.5, 0.6) is 0 Å². The summed E-state index contributed by atoms with van der Waals surface area (Å²) in [5.74, 6) is 0.614. The van der Waals surface area contributed by atoms with Gasteiger partial charge in [0.25, 0.3) is 11.5 Å². The highest BCUT2D eigenvalue weighted by Crippen LogP contribution is 2.27. The monoisotopic (exact) mass is 369 g/mol. The van der Waals surface area contributed by atoms with Crippen LogP contribution < -0.4 is 5.56 Å². The standard InChI is InChI=1S/C18H19N5O2S/c1-11-19-14(8-17(24)20-11)12-3-2-5-23(9-12)18(25)16-7-15(21-22-16)13-4-6-26-10-13/h4,6-8,10,12H,2-3,5,9H2,1H3,(H,21,22)(H,19,20,24)/t12-/m1/s1. The molecule has 26 heavy (non-hydrogen) atoms. The van der Waals surface area contributed by atoms with Crippen LogP contribution in [0.3, 0.4) is 0 Å². The number of nitrogens with one attached hydrogen (secondary N) is 2. The lowest BCUT2D eigenvalue weighted by Crippen LogP contribution is -2.39. The minimum Gasteiger partial charge on any atom is -0.337 e. The third-order valence-corrected chi connectivity index (χ3v) is 5.32. The Labute approximate surface area is 154 Å². The third-order valence-electron chi connectivity index (χ3n) is 4.63. The molecule has 0 aliphatic carbocycles. The van der Waals surface area contributed by atoms with Gasteiger partial charge in [-0.1, -0.05) is 0 Å². The Morgan fingerprint density at radius 3 is 3.04 bits per heavy atom. The zero-order valence-corrected chi connectivity index (χ0v) is 15.2. The molecule has 1 saturated heterocycles. The minimum atomic E-state index is -0.148. The molecule has 134 valence electrons. The molecule has 1 aliphatic heterocycles. The van der Waals surface area contributed by atoms with Gasteiger partial charge < -0.3 is 9.88 Å². The van der Waals surface area contributed by atoms with Gasteiger partial charge in [-0.3, -0.25) is 14.7 Å². The number of aromatic nitrogens is 4. The Bertz CT molecular complexity index is 976. The summed E-state index contributed by atoms with van der Waals surface area (Å²) >= 11 is 1.60. The summed E-state index contributed by atoms with van der Waals surface area (Å²) in [6.45, 7) is 3.03. The fourth-order valence-corrected chi connectivity index (χ4v) is 4.02. The Morgan fingerprint density at radius 1 is 1.38 bits per heavy atom. The summed E-state index contributed by atoms with van der Waals surface area (Å²) in [4.78, 5) is 33.5. The quantitative estimate of drug-likeness (QED) is 0.742. The van der Waals surface area contributed by atoms with Crippen LogP contribution in [0.2, 0.25) is 0 Å². The predicted molar refractivity (Wildman–Crippen MR) is 99.4 cm³/mol. The van der Waals surface area contributed by atoms with Gasteiger partial charge in [0.05, 0.1) is 11.4 Å². The topological polar surface area (TPSA) is 94.7 Å². The second-order valence-electron chi connectivity index (χ2n) is 6.52. The number of carbonyl (C=O) groups excluding carboxylic acids is 1. The van der Waals surface area contributed by atoms with Gasteiger partial charge in [0.2, 0.25) is 0 Å². The lowest BCUT2D eigenvalue weighted by Gasteiger charge is -2.32. The summed E-state index contributed by atoms with van der Waals surface area (Å²) in [5.41, 5.74) is 2.87. The number of likely N-dealkylation sites (tertiary alicyclic amines) is 1. The van der Waals surface area contributed by atoms with Crippen molar-refractivity contribution >= 4 is 17.2 Å². The maximum absolute atomic E-state index is 12.9. The van der Waals surface area contributed by atoms with Crippen molar-refractivity contribution in [3.63, 3.8) is 0 Å². The van der Waals surface area contributed by atoms with E-state index < -0.39 is 0 Å². The molecule has 4 rings (SSSR count).